The first kappa shape index (κ1) is 50.0. The zero-order chi connectivity index (χ0) is 51.2. The zero-order valence-electron chi connectivity index (χ0n) is 41.3. The fourth-order valence-electron chi connectivity index (χ4n) is 9.51. The van der Waals surface area contributed by atoms with Gasteiger partial charge in [-0.2, -0.15) is 0 Å². The topological polar surface area (TPSA) is 223 Å². The minimum Gasteiger partial charge on any atom is -0.493 e. The van der Waals surface area contributed by atoms with Gasteiger partial charge < -0.3 is 55.3 Å². The second kappa shape index (κ2) is 22.2. The molecule has 0 bridgehead atoms. The third kappa shape index (κ3) is 10.9. The Labute approximate surface area is 422 Å². The van der Waals surface area contributed by atoms with Crippen molar-refractivity contribution in [2.45, 2.75) is 70.5 Å². The highest BCUT2D eigenvalue weighted by atomic mass is 16.6. The maximum Gasteiger partial charge on any atom is 0.261 e. The van der Waals surface area contributed by atoms with E-state index >= 15 is 0 Å². The second-order valence-corrected chi connectivity index (χ2v) is 18.2. The van der Waals surface area contributed by atoms with Gasteiger partial charge in [-0.05, 0) is 98.0 Å². The molecule has 0 unspecified atom stereocenters. The Hall–Kier alpha value is -8.00. The molecule has 0 saturated carbocycles. The average Bonchev–Trinajstić information content (AvgIpc) is 3.89. The van der Waals surface area contributed by atoms with Gasteiger partial charge in [0.15, 0.2) is 23.0 Å². The van der Waals surface area contributed by atoms with Gasteiger partial charge in [0.1, 0.15) is 25.3 Å². The van der Waals surface area contributed by atoms with Crippen molar-refractivity contribution in [3.63, 3.8) is 0 Å². The number of amides is 5. The number of rotatable bonds is 20. The quantitative estimate of drug-likeness (QED) is 0.0435. The number of nitrogens with one attached hydrogen (secondary N) is 6. The SMILES string of the molecule is CNOCCCNCC(=O)N[C@@H](C)C(=O)N[C@@H](C)C(=O)Nc1cc(COc2cc3c(cc2OC)C(=O)N2c4ccccc4C[C@H]2C=N3)cc(COc2cc3c(cc2OC)C(=O)N2c4ccccc4C[C@H]2CN3)c1. The lowest BCUT2D eigenvalue weighted by Gasteiger charge is -2.22. The van der Waals surface area contributed by atoms with Crippen LogP contribution in [-0.4, -0.2) is 107 Å². The minimum absolute atomic E-state index is 0.00377. The van der Waals surface area contributed by atoms with E-state index in [0.717, 1.165) is 28.9 Å². The first-order valence-electron chi connectivity index (χ1n) is 24.3. The van der Waals surface area contributed by atoms with Crippen molar-refractivity contribution in [2.75, 3.05) is 67.9 Å². The lowest BCUT2D eigenvalue weighted by molar-refractivity contribution is -0.130. The summed E-state index contributed by atoms with van der Waals surface area (Å²) in [6.45, 7) is 4.63. The van der Waals surface area contributed by atoms with E-state index in [2.05, 4.69) is 32.1 Å². The van der Waals surface area contributed by atoms with Crippen molar-refractivity contribution in [3.05, 3.63) is 124 Å². The van der Waals surface area contributed by atoms with Gasteiger partial charge in [0, 0.05) is 55.4 Å². The number of fused-ring (bicyclic) bond motifs is 8. The Bertz CT molecular complexity index is 2960. The molecule has 19 nitrogen and oxygen atoms in total. The summed E-state index contributed by atoms with van der Waals surface area (Å²) >= 11 is 0. The molecule has 0 fully saturated rings. The summed E-state index contributed by atoms with van der Waals surface area (Å²) in [6.07, 6.45) is 3.86. The largest absolute Gasteiger partial charge is 0.493 e. The number of carbonyl (C=O) groups excluding carboxylic acids is 5. The molecular formula is C54H59N9O10. The molecule has 73 heavy (non-hydrogen) atoms. The van der Waals surface area contributed by atoms with E-state index in [1.807, 2.05) is 59.5 Å². The van der Waals surface area contributed by atoms with Crippen LogP contribution in [0.1, 0.15) is 63.2 Å². The van der Waals surface area contributed by atoms with Crippen LogP contribution in [0.2, 0.25) is 0 Å². The lowest BCUT2D eigenvalue weighted by atomic mass is 10.1. The number of methoxy groups -OCH3 is 2. The van der Waals surface area contributed by atoms with E-state index in [4.69, 9.17) is 28.8 Å². The third-order valence-corrected chi connectivity index (χ3v) is 13.1. The highest BCUT2D eigenvalue weighted by molar-refractivity contribution is 6.15. The molecule has 6 N–H and O–H groups in total. The Morgan fingerprint density at radius 3 is 2.07 bits per heavy atom. The van der Waals surface area contributed by atoms with Crippen LogP contribution in [0.3, 0.4) is 0 Å². The number of anilines is 4. The fraction of sp³-hybridized carbons (Fsp3) is 0.333. The van der Waals surface area contributed by atoms with E-state index in [1.165, 1.54) is 21.1 Å². The van der Waals surface area contributed by atoms with Gasteiger partial charge in [0.05, 0.1) is 62.0 Å². The van der Waals surface area contributed by atoms with Gasteiger partial charge in [0.2, 0.25) is 17.7 Å². The van der Waals surface area contributed by atoms with Gasteiger partial charge >= 0.3 is 0 Å². The summed E-state index contributed by atoms with van der Waals surface area (Å²) in [6, 6.07) is 25.7. The Morgan fingerprint density at radius 2 is 1.37 bits per heavy atom. The number of hydrogen-bond donors (Lipinski definition) is 6. The number of carbonyl (C=O) groups is 5. The summed E-state index contributed by atoms with van der Waals surface area (Å²) in [5.41, 5.74) is 10.1. The number of para-hydroxylation sites is 2. The smallest absolute Gasteiger partial charge is 0.261 e. The maximum atomic E-state index is 14.1. The molecular weight excluding hydrogens is 935 g/mol. The summed E-state index contributed by atoms with van der Waals surface area (Å²) < 4.78 is 24.4. The monoisotopic (exact) mass is 993 g/mol. The number of ether oxygens (including phenoxy) is 4. The summed E-state index contributed by atoms with van der Waals surface area (Å²) in [5, 5.41) is 14.7. The molecule has 0 aliphatic carbocycles. The molecule has 0 spiro atoms. The molecule has 4 atom stereocenters. The minimum atomic E-state index is -1.00. The van der Waals surface area contributed by atoms with Gasteiger partial charge in [0.25, 0.3) is 11.8 Å². The summed E-state index contributed by atoms with van der Waals surface area (Å²) in [5.74, 6) is -0.359. The molecule has 4 aliphatic rings. The maximum absolute atomic E-state index is 14.1. The number of hydroxylamine groups is 1. The van der Waals surface area contributed by atoms with Crippen LogP contribution in [-0.2, 0) is 45.3 Å². The molecule has 4 aliphatic heterocycles. The van der Waals surface area contributed by atoms with Gasteiger partial charge in [-0.1, -0.05) is 36.4 Å². The predicted molar refractivity (Wildman–Crippen MR) is 276 cm³/mol. The van der Waals surface area contributed by atoms with Crippen LogP contribution in [0, 0.1) is 0 Å². The number of hydrogen-bond acceptors (Lipinski definition) is 14. The molecule has 4 heterocycles. The van der Waals surface area contributed by atoms with Gasteiger partial charge in [-0.15, -0.1) is 0 Å². The zero-order valence-corrected chi connectivity index (χ0v) is 41.3. The first-order chi connectivity index (χ1) is 35.4. The van der Waals surface area contributed by atoms with E-state index in [-0.39, 0.29) is 49.6 Å². The fourth-order valence-corrected chi connectivity index (χ4v) is 9.51. The predicted octanol–water partition coefficient (Wildman–Crippen LogP) is 5.22. The molecule has 5 amide bonds. The molecule has 0 saturated heterocycles. The number of benzene rings is 5. The van der Waals surface area contributed by atoms with E-state index in [0.29, 0.717) is 94.9 Å². The van der Waals surface area contributed by atoms with Crippen molar-refractivity contribution in [3.8, 4) is 23.0 Å². The van der Waals surface area contributed by atoms with Crippen LogP contribution in [0.25, 0.3) is 0 Å². The Morgan fingerprint density at radius 1 is 0.740 bits per heavy atom. The summed E-state index contributed by atoms with van der Waals surface area (Å²) in [7, 11) is 4.68. The van der Waals surface area contributed by atoms with Gasteiger partial charge in [-0.3, -0.25) is 33.9 Å². The highest BCUT2D eigenvalue weighted by Crippen LogP contribution is 2.43. The lowest BCUT2D eigenvalue weighted by Crippen LogP contribution is -2.51. The Balaban J connectivity index is 0.927. The van der Waals surface area contributed by atoms with Crippen molar-refractivity contribution in [1.82, 2.24) is 21.4 Å². The molecule has 380 valence electrons. The molecule has 0 radical (unpaired) electrons. The van der Waals surface area contributed by atoms with Crippen molar-refractivity contribution >= 4 is 64.2 Å². The summed E-state index contributed by atoms with van der Waals surface area (Å²) in [4.78, 5) is 81.0. The van der Waals surface area contributed by atoms with Gasteiger partial charge in [-0.25, -0.2) is 5.48 Å². The molecule has 5 aromatic carbocycles. The number of aliphatic imine (C=N–C) groups is 1. The molecule has 9 rings (SSSR count). The van der Waals surface area contributed by atoms with Crippen molar-refractivity contribution < 1.29 is 47.8 Å². The normalized spacial score (nSPS) is 16.7. The average molecular weight is 994 g/mol. The third-order valence-electron chi connectivity index (χ3n) is 13.1. The molecule has 19 heteroatoms. The van der Waals surface area contributed by atoms with Crippen LogP contribution in [0.4, 0.5) is 28.4 Å². The number of nitrogens with zero attached hydrogens (tertiary/aromatic N) is 3. The molecule has 0 aromatic heterocycles. The van der Waals surface area contributed by atoms with Crippen LogP contribution in [0.5, 0.6) is 23.0 Å². The van der Waals surface area contributed by atoms with Crippen LogP contribution in [0.15, 0.2) is 96.0 Å². The molecule has 5 aromatic rings. The van der Waals surface area contributed by atoms with E-state index in [1.54, 1.807) is 61.5 Å². The van der Waals surface area contributed by atoms with E-state index in [9.17, 15) is 24.0 Å². The van der Waals surface area contributed by atoms with Crippen LogP contribution >= 0.6 is 0 Å². The van der Waals surface area contributed by atoms with E-state index < -0.39 is 23.9 Å². The van der Waals surface area contributed by atoms with Crippen molar-refractivity contribution in [2.24, 2.45) is 4.99 Å². The van der Waals surface area contributed by atoms with Crippen LogP contribution < -0.4 is 60.8 Å². The highest BCUT2D eigenvalue weighted by Gasteiger charge is 2.39. The first-order valence-corrected chi connectivity index (χ1v) is 24.3. The van der Waals surface area contributed by atoms with Crippen molar-refractivity contribution in [1.29, 1.82) is 0 Å². The standard InChI is InChI=1S/C54H59N9O10/c1-31(59-50(64)28-56-15-10-16-73-55-3)51(65)60-32(2)52(66)61-37-18-33(29-71-48-24-42-40(22-46(48)69-4)53(67)62-38(26-57-42)20-35-11-6-8-13-44(35)62)17-34(19-37)30-72-49-25-43-41(23-47(49)70-5)54(68)63-39(27-58-43)21-36-12-7-9-14-45(36)63/h6-9,11-14,17-19,22-26,31-32,38-39,55-56,58H,10,15-16,20-21,27-30H2,1-5H3,(H,59,64)(H,60,65)(H,61,66)/t31-,32-,38-,39-/m0/s1. The Kier molecular flexibility index (Phi) is 15.2. The second-order valence-electron chi connectivity index (χ2n) is 18.2.